The van der Waals surface area contributed by atoms with Gasteiger partial charge in [0.1, 0.15) is 0 Å². The summed E-state index contributed by atoms with van der Waals surface area (Å²) in [7, 11) is 0. The Kier molecular flexibility index (Phi) is 9.27. The summed E-state index contributed by atoms with van der Waals surface area (Å²) >= 11 is 3.34. The second kappa shape index (κ2) is 14.7. The number of rotatable bonds is 14. The largest absolute Gasteiger partial charge is 0.379 e. The minimum atomic E-state index is -0.269. The normalized spacial score (nSPS) is 12.4. The fourth-order valence-electron chi connectivity index (χ4n) is 8.42. The van der Waals surface area contributed by atoms with Gasteiger partial charge in [0.25, 0.3) is 22.2 Å². The van der Waals surface area contributed by atoms with E-state index in [1.165, 1.54) is 18.5 Å². The number of nitrogens with zero attached hydrogens (tertiary/aromatic N) is 2. The summed E-state index contributed by atoms with van der Waals surface area (Å²) in [4.78, 5) is 54.3. The molecule has 0 unspecified atom stereocenters. The van der Waals surface area contributed by atoms with Crippen molar-refractivity contribution in [1.82, 2.24) is 9.13 Å². The summed E-state index contributed by atoms with van der Waals surface area (Å²) in [6.45, 7) is 2.79. The van der Waals surface area contributed by atoms with Crippen molar-refractivity contribution in [2.75, 3.05) is 39.6 Å². The molecule has 0 radical (unpaired) electrons. The first-order valence-corrected chi connectivity index (χ1v) is 20.8. The highest BCUT2D eigenvalue weighted by molar-refractivity contribution is 7.25. The third kappa shape index (κ3) is 6.00. The number of aromatic nitrogens is 2. The van der Waals surface area contributed by atoms with Crippen LogP contribution in [-0.4, -0.2) is 48.8 Å². The fourth-order valence-corrected chi connectivity index (χ4v) is 10.7. The molecule has 0 bridgehead atoms. The summed E-state index contributed by atoms with van der Waals surface area (Å²) in [5.41, 5.74) is -1.08. The van der Waals surface area contributed by atoms with E-state index in [1.54, 1.807) is 22.7 Å². The van der Waals surface area contributed by atoms with E-state index in [0.717, 1.165) is 52.5 Å². The summed E-state index contributed by atoms with van der Waals surface area (Å²) in [6.07, 6.45) is 1.02. The van der Waals surface area contributed by atoms with Crippen LogP contribution in [0, 0.1) is 0 Å². The molecule has 57 heavy (non-hydrogen) atoms. The van der Waals surface area contributed by atoms with Crippen LogP contribution in [0.15, 0.2) is 116 Å². The fraction of sp³-hybridized carbons (Fsp3) is 0.217. The molecular formula is C46H36N2O7S2. The second-order valence-electron chi connectivity index (χ2n) is 14.3. The van der Waals surface area contributed by atoms with Crippen molar-refractivity contribution in [3.8, 4) is 0 Å². The monoisotopic (exact) mass is 792 g/mol. The summed E-state index contributed by atoms with van der Waals surface area (Å²) in [5.74, 6) is 0. The SMILES string of the molecule is O=c1c2ccc3sc4ccccc4c4ccc(c(=O)n1CCCOCCOCCOCCCn1c(=O)c5ccc6sc7ccccc7c7ccc(c1=O)c5c67)c2c34. The average Bonchev–Trinajstić information content (AvgIpc) is 3.24. The van der Waals surface area contributed by atoms with Gasteiger partial charge in [-0.1, -0.05) is 48.5 Å². The molecule has 0 fully saturated rings. The Morgan fingerprint density at radius 3 is 1.12 bits per heavy atom. The summed E-state index contributed by atoms with van der Waals surface area (Å²) < 4.78 is 24.2. The molecule has 0 spiro atoms. The zero-order chi connectivity index (χ0) is 38.6. The minimum Gasteiger partial charge on any atom is -0.379 e. The van der Waals surface area contributed by atoms with Crippen molar-refractivity contribution in [2.45, 2.75) is 25.9 Å². The summed E-state index contributed by atoms with van der Waals surface area (Å²) in [5, 5.41) is 10.1. The third-order valence-electron chi connectivity index (χ3n) is 11.0. The quantitative estimate of drug-likeness (QED) is 0.0618. The van der Waals surface area contributed by atoms with Crippen LogP contribution in [0.25, 0.3) is 83.4 Å². The maximum atomic E-state index is 13.6. The Morgan fingerprint density at radius 2 is 0.702 bits per heavy atom. The van der Waals surface area contributed by atoms with Crippen LogP contribution in [0.4, 0.5) is 0 Å². The van der Waals surface area contributed by atoms with Crippen molar-refractivity contribution >= 4 is 106 Å². The topological polar surface area (TPSA) is 106 Å². The first kappa shape index (κ1) is 35.8. The molecular weight excluding hydrogens is 757 g/mol. The van der Waals surface area contributed by atoms with Crippen molar-refractivity contribution in [3.05, 3.63) is 138 Å². The van der Waals surface area contributed by atoms with Crippen molar-refractivity contribution in [3.63, 3.8) is 0 Å². The van der Waals surface area contributed by atoms with Gasteiger partial charge in [0.2, 0.25) is 0 Å². The van der Waals surface area contributed by atoms with Gasteiger partial charge in [-0.3, -0.25) is 28.3 Å². The van der Waals surface area contributed by atoms with Crippen LogP contribution < -0.4 is 22.2 Å². The Labute approximate surface area is 332 Å². The first-order valence-electron chi connectivity index (χ1n) is 19.2. The average molecular weight is 793 g/mol. The smallest absolute Gasteiger partial charge is 0.261 e. The molecule has 0 amide bonds. The zero-order valence-corrected chi connectivity index (χ0v) is 32.5. The molecule has 0 aliphatic carbocycles. The highest BCUT2D eigenvalue weighted by Gasteiger charge is 2.20. The highest BCUT2D eigenvalue weighted by Crippen LogP contribution is 2.41. The second-order valence-corrected chi connectivity index (χ2v) is 16.5. The molecule has 4 aromatic heterocycles. The van der Waals surface area contributed by atoms with E-state index >= 15 is 0 Å². The van der Waals surface area contributed by atoms with Crippen LogP contribution >= 0.6 is 22.7 Å². The van der Waals surface area contributed by atoms with E-state index in [-0.39, 0.29) is 35.3 Å². The van der Waals surface area contributed by atoms with Crippen molar-refractivity contribution < 1.29 is 14.2 Å². The van der Waals surface area contributed by atoms with Crippen molar-refractivity contribution in [2.24, 2.45) is 0 Å². The number of fused-ring (bicyclic) bond motifs is 4. The van der Waals surface area contributed by atoms with E-state index in [2.05, 4.69) is 24.3 Å². The third-order valence-corrected chi connectivity index (χ3v) is 13.3. The Bertz CT molecular complexity index is 3110. The van der Waals surface area contributed by atoms with Gasteiger partial charge >= 0.3 is 0 Å². The predicted octanol–water partition coefficient (Wildman–Crippen LogP) is 8.48. The number of benzene rings is 6. The molecule has 0 saturated carbocycles. The van der Waals surface area contributed by atoms with E-state index in [9.17, 15) is 19.2 Å². The maximum Gasteiger partial charge on any atom is 0.261 e. The lowest BCUT2D eigenvalue weighted by Crippen LogP contribution is -2.33. The number of hydrogen-bond acceptors (Lipinski definition) is 9. The van der Waals surface area contributed by atoms with Gasteiger partial charge < -0.3 is 14.2 Å². The van der Waals surface area contributed by atoms with Crippen molar-refractivity contribution in [1.29, 1.82) is 0 Å². The van der Waals surface area contributed by atoms with Gasteiger partial charge in [-0.15, -0.1) is 22.7 Å². The zero-order valence-electron chi connectivity index (χ0n) is 30.9. The van der Waals surface area contributed by atoms with Gasteiger partial charge in [-0.25, -0.2) is 0 Å². The van der Waals surface area contributed by atoms with Crippen LogP contribution in [0.5, 0.6) is 0 Å². The lowest BCUT2D eigenvalue weighted by Gasteiger charge is -2.14. The Balaban J connectivity index is 0.690. The van der Waals surface area contributed by atoms with Crippen LogP contribution in [-0.2, 0) is 27.3 Å². The first-order chi connectivity index (χ1) is 28.0. The van der Waals surface area contributed by atoms with Crippen LogP contribution in [0.2, 0.25) is 0 Å². The highest BCUT2D eigenvalue weighted by atomic mass is 32.1. The molecule has 11 heteroatoms. The molecule has 6 aromatic carbocycles. The van der Waals surface area contributed by atoms with E-state index in [0.29, 0.717) is 74.0 Å². The molecule has 0 atom stereocenters. The predicted molar refractivity (Wildman–Crippen MR) is 234 cm³/mol. The van der Waals surface area contributed by atoms with E-state index in [1.807, 2.05) is 72.8 Å². The lowest BCUT2D eigenvalue weighted by molar-refractivity contribution is 0.0128. The standard InChI is InChI=1S/C46H36N2O7S2/c49-43-31-13-11-29-27-7-1-3-9-35(27)56-37-17-15-33(39(31)41(29)37)45(51)47(43)19-5-21-53-23-25-55-26-24-54-22-6-20-48-44(50)32-14-12-30-28-8-2-4-10-36(28)57-38-18-16-34(46(48)52)40(32)42(30)38/h1-4,7-18H,5-6,19-26H2. The summed E-state index contributed by atoms with van der Waals surface area (Å²) in [6, 6.07) is 31.9. The van der Waals surface area contributed by atoms with Gasteiger partial charge in [0, 0.05) is 88.2 Å². The van der Waals surface area contributed by atoms with E-state index in [4.69, 9.17) is 14.2 Å². The molecule has 284 valence electrons. The number of pyridine rings is 2. The van der Waals surface area contributed by atoms with Gasteiger partial charge in [0.05, 0.1) is 26.4 Å². The molecule has 10 rings (SSSR count). The van der Waals surface area contributed by atoms with Gasteiger partial charge in [-0.2, -0.15) is 0 Å². The number of hydrogen-bond donors (Lipinski definition) is 0. The Hall–Kier alpha value is -5.56. The van der Waals surface area contributed by atoms with E-state index < -0.39 is 0 Å². The molecule has 0 N–H and O–H groups in total. The van der Waals surface area contributed by atoms with Gasteiger partial charge in [0.15, 0.2) is 0 Å². The maximum absolute atomic E-state index is 13.6. The molecule has 9 nitrogen and oxygen atoms in total. The molecule has 0 aliphatic rings. The molecule has 0 saturated heterocycles. The lowest BCUT2D eigenvalue weighted by atomic mass is 9.98. The minimum absolute atomic E-state index is 0.265. The van der Waals surface area contributed by atoms with Crippen LogP contribution in [0.3, 0.4) is 0 Å². The number of ether oxygens (including phenoxy) is 3. The Morgan fingerprint density at radius 1 is 0.351 bits per heavy atom. The van der Waals surface area contributed by atoms with Crippen LogP contribution in [0.1, 0.15) is 12.8 Å². The van der Waals surface area contributed by atoms with Gasteiger partial charge in [-0.05, 0) is 82.9 Å². The molecule has 10 aromatic rings. The molecule has 0 aliphatic heterocycles. The molecule has 4 heterocycles.